The lowest BCUT2D eigenvalue weighted by molar-refractivity contribution is -0.122. The first-order valence-electron chi connectivity index (χ1n) is 6.38. The van der Waals surface area contributed by atoms with Crippen LogP contribution in [-0.2, 0) is 4.79 Å². The second-order valence-electron chi connectivity index (χ2n) is 4.79. The van der Waals surface area contributed by atoms with E-state index in [1.54, 1.807) is 31.2 Å². The third-order valence-electron chi connectivity index (χ3n) is 2.52. The summed E-state index contributed by atoms with van der Waals surface area (Å²) >= 11 is 0. The van der Waals surface area contributed by atoms with Crippen LogP contribution in [0, 0.1) is 0 Å². The Balaban J connectivity index is 0.00000361. The topological polar surface area (TPSA) is 84.6 Å². The van der Waals surface area contributed by atoms with Crippen molar-refractivity contribution in [2.45, 2.75) is 39.0 Å². The van der Waals surface area contributed by atoms with E-state index in [9.17, 15) is 9.90 Å². The van der Waals surface area contributed by atoms with Crippen molar-refractivity contribution in [3.8, 4) is 5.75 Å². The molecule has 2 atom stereocenters. The van der Waals surface area contributed by atoms with Gasteiger partial charge in [-0.2, -0.15) is 0 Å². The van der Waals surface area contributed by atoms with Crippen LogP contribution in [0.4, 0.5) is 0 Å². The molecule has 1 amide bonds. The monoisotopic (exact) mass is 302 g/mol. The molecule has 1 aromatic carbocycles. The molecule has 0 saturated carbocycles. The molecule has 0 radical (unpaired) electrons. The highest BCUT2D eigenvalue weighted by molar-refractivity contribution is 5.85. The van der Waals surface area contributed by atoms with E-state index in [0.717, 1.165) is 11.3 Å². The van der Waals surface area contributed by atoms with E-state index in [1.165, 1.54) is 0 Å². The van der Waals surface area contributed by atoms with Crippen LogP contribution < -0.4 is 15.8 Å². The number of nitrogens with one attached hydrogen (secondary N) is 1. The average molecular weight is 303 g/mol. The van der Waals surface area contributed by atoms with E-state index in [-0.39, 0.29) is 31.0 Å². The predicted molar refractivity (Wildman–Crippen MR) is 81.1 cm³/mol. The molecule has 0 aliphatic rings. The summed E-state index contributed by atoms with van der Waals surface area (Å²) < 4.78 is 5.51. The number of ether oxygens (including phenoxy) is 1. The smallest absolute Gasteiger partial charge is 0.236 e. The Morgan fingerprint density at radius 3 is 2.30 bits per heavy atom. The summed E-state index contributed by atoms with van der Waals surface area (Å²) in [7, 11) is 0. The van der Waals surface area contributed by atoms with Gasteiger partial charge in [-0.1, -0.05) is 12.1 Å². The Bertz CT molecular complexity index is 407. The second-order valence-corrected chi connectivity index (χ2v) is 4.79. The Labute approximate surface area is 125 Å². The fourth-order valence-corrected chi connectivity index (χ4v) is 1.52. The van der Waals surface area contributed by atoms with Gasteiger partial charge in [-0.05, 0) is 38.5 Å². The number of carbonyl (C=O) groups excluding carboxylic acids is 1. The molecule has 1 unspecified atom stereocenters. The van der Waals surface area contributed by atoms with Crippen molar-refractivity contribution in [2.75, 3.05) is 6.54 Å². The summed E-state index contributed by atoms with van der Waals surface area (Å²) in [6, 6.07) is 6.58. The van der Waals surface area contributed by atoms with Gasteiger partial charge in [0.15, 0.2) is 0 Å². The van der Waals surface area contributed by atoms with E-state index >= 15 is 0 Å². The molecule has 1 rings (SSSR count). The number of nitrogens with two attached hydrogens (primary N) is 1. The van der Waals surface area contributed by atoms with Crippen molar-refractivity contribution in [2.24, 2.45) is 5.73 Å². The quantitative estimate of drug-likeness (QED) is 0.741. The first-order valence-corrected chi connectivity index (χ1v) is 6.38. The fraction of sp³-hybridized carbons (Fsp3) is 0.500. The minimum absolute atomic E-state index is 0. The number of halogens is 1. The van der Waals surface area contributed by atoms with Gasteiger partial charge in [-0.15, -0.1) is 12.4 Å². The molecule has 20 heavy (non-hydrogen) atoms. The number of hydrogen-bond acceptors (Lipinski definition) is 4. The molecule has 6 heteroatoms. The highest BCUT2D eigenvalue weighted by Gasteiger charge is 2.12. The third-order valence-corrected chi connectivity index (χ3v) is 2.52. The van der Waals surface area contributed by atoms with Gasteiger partial charge in [0.25, 0.3) is 0 Å². The number of rotatable bonds is 6. The van der Waals surface area contributed by atoms with E-state index in [2.05, 4.69) is 5.32 Å². The summed E-state index contributed by atoms with van der Waals surface area (Å²) in [5.74, 6) is 0.476. The Morgan fingerprint density at radius 1 is 1.30 bits per heavy atom. The Kier molecular flexibility index (Phi) is 8.22. The number of benzene rings is 1. The van der Waals surface area contributed by atoms with Crippen LogP contribution in [0.5, 0.6) is 5.75 Å². The van der Waals surface area contributed by atoms with Crippen molar-refractivity contribution in [1.82, 2.24) is 5.32 Å². The fourth-order valence-electron chi connectivity index (χ4n) is 1.52. The molecule has 4 N–H and O–H groups in total. The summed E-state index contributed by atoms with van der Waals surface area (Å²) in [6.45, 7) is 5.64. The molecule has 114 valence electrons. The van der Waals surface area contributed by atoms with Crippen LogP contribution in [-0.4, -0.2) is 29.7 Å². The maximum atomic E-state index is 11.3. The maximum absolute atomic E-state index is 11.3. The molecule has 5 nitrogen and oxygen atoms in total. The largest absolute Gasteiger partial charge is 0.491 e. The van der Waals surface area contributed by atoms with Gasteiger partial charge in [-0.3, -0.25) is 4.79 Å². The van der Waals surface area contributed by atoms with E-state index in [4.69, 9.17) is 10.5 Å². The second kappa shape index (κ2) is 8.79. The minimum Gasteiger partial charge on any atom is -0.491 e. The SMILES string of the molecule is CC(C)Oc1ccc(C(O)CNC(=O)[C@H](C)N)cc1.Cl. The summed E-state index contributed by atoms with van der Waals surface area (Å²) in [4.78, 5) is 11.3. The van der Waals surface area contributed by atoms with Crippen LogP contribution >= 0.6 is 12.4 Å². The molecule has 0 aliphatic heterocycles. The van der Waals surface area contributed by atoms with Crippen LogP contribution in [0.2, 0.25) is 0 Å². The summed E-state index contributed by atoms with van der Waals surface area (Å²) in [6.07, 6.45) is -0.642. The van der Waals surface area contributed by atoms with Crippen LogP contribution in [0.15, 0.2) is 24.3 Å². The maximum Gasteiger partial charge on any atom is 0.236 e. The molecule has 0 aliphatic carbocycles. The first kappa shape index (κ1) is 18.7. The molecular formula is C14H23ClN2O3. The van der Waals surface area contributed by atoms with Crippen LogP contribution in [0.25, 0.3) is 0 Å². The molecule has 0 spiro atoms. The van der Waals surface area contributed by atoms with Crippen molar-refractivity contribution in [3.05, 3.63) is 29.8 Å². The zero-order chi connectivity index (χ0) is 14.4. The van der Waals surface area contributed by atoms with Gasteiger partial charge >= 0.3 is 0 Å². The van der Waals surface area contributed by atoms with E-state index < -0.39 is 12.1 Å². The minimum atomic E-state index is -0.754. The number of amides is 1. The molecule has 0 heterocycles. The molecular weight excluding hydrogens is 280 g/mol. The number of hydrogen-bond donors (Lipinski definition) is 3. The van der Waals surface area contributed by atoms with Crippen molar-refractivity contribution < 1.29 is 14.6 Å². The summed E-state index contributed by atoms with van der Waals surface area (Å²) in [5, 5.41) is 12.5. The highest BCUT2D eigenvalue weighted by Crippen LogP contribution is 2.18. The van der Waals surface area contributed by atoms with Gasteiger partial charge in [0.05, 0.1) is 18.2 Å². The third kappa shape index (κ3) is 6.23. The predicted octanol–water partition coefficient (Wildman–Crippen LogP) is 1.39. The van der Waals surface area contributed by atoms with E-state index in [0.29, 0.717) is 0 Å². The average Bonchev–Trinajstić information content (AvgIpc) is 2.35. The zero-order valence-corrected chi connectivity index (χ0v) is 12.8. The molecule has 1 aromatic rings. The van der Waals surface area contributed by atoms with Gasteiger partial charge < -0.3 is 20.9 Å². The molecule has 0 fully saturated rings. The van der Waals surface area contributed by atoms with Crippen LogP contribution in [0.3, 0.4) is 0 Å². The first-order chi connectivity index (χ1) is 8.90. The molecule has 0 aromatic heterocycles. The zero-order valence-electron chi connectivity index (χ0n) is 12.0. The lowest BCUT2D eigenvalue weighted by Crippen LogP contribution is -2.40. The highest BCUT2D eigenvalue weighted by atomic mass is 35.5. The van der Waals surface area contributed by atoms with E-state index in [1.807, 2.05) is 13.8 Å². The number of aliphatic hydroxyl groups excluding tert-OH is 1. The van der Waals surface area contributed by atoms with Gasteiger partial charge in [0.1, 0.15) is 5.75 Å². The molecule has 0 saturated heterocycles. The Hall–Kier alpha value is -1.30. The lowest BCUT2D eigenvalue weighted by atomic mass is 10.1. The lowest BCUT2D eigenvalue weighted by Gasteiger charge is -2.15. The van der Waals surface area contributed by atoms with Gasteiger partial charge in [0, 0.05) is 6.54 Å². The number of carbonyl (C=O) groups is 1. The van der Waals surface area contributed by atoms with Gasteiger partial charge in [-0.25, -0.2) is 0 Å². The molecule has 0 bridgehead atoms. The Morgan fingerprint density at radius 2 is 1.85 bits per heavy atom. The summed E-state index contributed by atoms with van der Waals surface area (Å²) in [5.41, 5.74) is 6.14. The van der Waals surface area contributed by atoms with Crippen molar-refractivity contribution in [3.63, 3.8) is 0 Å². The van der Waals surface area contributed by atoms with Crippen LogP contribution in [0.1, 0.15) is 32.4 Å². The van der Waals surface area contributed by atoms with Crippen molar-refractivity contribution in [1.29, 1.82) is 0 Å². The normalized spacial score (nSPS) is 13.3. The van der Waals surface area contributed by atoms with Gasteiger partial charge in [0.2, 0.25) is 5.91 Å². The standard InChI is InChI=1S/C14H22N2O3.ClH/c1-9(2)19-12-6-4-11(5-7-12)13(17)8-16-14(18)10(3)15;/h4-7,9-10,13,17H,8,15H2,1-3H3,(H,16,18);1H/t10-,13?;/m0./s1. The number of aliphatic hydroxyl groups is 1. The van der Waals surface area contributed by atoms with Crippen molar-refractivity contribution >= 4 is 18.3 Å².